The van der Waals surface area contributed by atoms with Crippen molar-refractivity contribution >= 4 is 11.3 Å². The Morgan fingerprint density at radius 1 is 0.900 bits per heavy atom. The molecule has 0 atom stereocenters. The molecule has 1 aliphatic carbocycles. The maximum atomic E-state index is 3.82. The first-order valence-electron chi connectivity index (χ1n) is 8.71. The van der Waals surface area contributed by atoms with Crippen molar-refractivity contribution in [2.24, 2.45) is 0 Å². The molecule has 0 saturated heterocycles. The zero-order valence-electron chi connectivity index (χ0n) is 12.9. The number of nitrogens with one attached hydrogen (secondary N) is 1. The van der Waals surface area contributed by atoms with Gasteiger partial charge in [0.25, 0.3) is 0 Å². The number of thiophene rings is 1. The lowest BCUT2D eigenvalue weighted by atomic mass is 9.98. The third-order valence-corrected chi connectivity index (χ3v) is 5.43. The Labute approximate surface area is 129 Å². The lowest BCUT2D eigenvalue weighted by molar-refractivity contribution is 0.406. The second kappa shape index (κ2) is 10.4. The highest BCUT2D eigenvalue weighted by Gasteiger charge is 2.08. The third-order valence-electron chi connectivity index (χ3n) is 4.49. The summed E-state index contributed by atoms with van der Waals surface area (Å²) in [4.78, 5) is 1.52. The molecular formula is C18H31NS. The normalized spacial score (nSPS) is 20.2. The van der Waals surface area contributed by atoms with Gasteiger partial charge in [0.15, 0.2) is 0 Å². The first kappa shape index (κ1) is 16.0. The monoisotopic (exact) mass is 293 g/mol. The lowest BCUT2D eigenvalue weighted by Gasteiger charge is -2.19. The maximum absolute atomic E-state index is 3.82. The minimum Gasteiger partial charge on any atom is -0.314 e. The van der Waals surface area contributed by atoms with Gasteiger partial charge >= 0.3 is 0 Å². The molecule has 1 aliphatic rings. The van der Waals surface area contributed by atoms with E-state index in [0.29, 0.717) is 0 Å². The van der Waals surface area contributed by atoms with Crippen LogP contribution in [-0.2, 0) is 6.42 Å². The third kappa shape index (κ3) is 6.90. The zero-order chi connectivity index (χ0) is 13.9. The van der Waals surface area contributed by atoms with Crippen molar-refractivity contribution in [1.29, 1.82) is 0 Å². The molecule has 1 nitrogen and oxygen atoms in total. The SMILES string of the molecule is c1csc(CCNC2CCCCCCCCCCC2)c1. The van der Waals surface area contributed by atoms with Gasteiger partial charge in [0.2, 0.25) is 0 Å². The van der Waals surface area contributed by atoms with E-state index in [1.54, 1.807) is 0 Å². The van der Waals surface area contributed by atoms with Crippen molar-refractivity contribution in [3.63, 3.8) is 0 Å². The van der Waals surface area contributed by atoms with Crippen LogP contribution in [0.15, 0.2) is 17.5 Å². The quantitative estimate of drug-likeness (QED) is 0.767. The Bertz CT molecular complexity index is 308. The molecule has 114 valence electrons. The molecule has 0 spiro atoms. The van der Waals surface area contributed by atoms with Crippen molar-refractivity contribution in [2.45, 2.75) is 83.1 Å². The van der Waals surface area contributed by atoms with Crippen LogP contribution >= 0.6 is 11.3 Å². The summed E-state index contributed by atoms with van der Waals surface area (Å²) in [6.45, 7) is 1.16. The van der Waals surface area contributed by atoms with Crippen molar-refractivity contribution < 1.29 is 0 Å². The molecule has 0 amide bonds. The first-order chi connectivity index (χ1) is 9.95. The Balaban J connectivity index is 1.65. The average Bonchev–Trinajstić information content (AvgIpc) is 2.94. The minimum atomic E-state index is 0.773. The summed E-state index contributed by atoms with van der Waals surface area (Å²) >= 11 is 1.89. The van der Waals surface area contributed by atoms with E-state index in [4.69, 9.17) is 0 Å². The Hall–Kier alpha value is -0.340. The van der Waals surface area contributed by atoms with Crippen LogP contribution in [0.1, 0.15) is 75.5 Å². The van der Waals surface area contributed by atoms with Crippen molar-refractivity contribution in [3.8, 4) is 0 Å². The molecule has 2 heteroatoms. The van der Waals surface area contributed by atoms with Gasteiger partial charge in [-0.1, -0.05) is 63.9 Å². The van der Waals surface area contributed by atoms with Gasteiger partial charge in [-0.05, 0) is 30.7 Å². The van der Waals surface area contributed by atoms with E-state index < -0.39 is 0 Å². The van der Waals surface area contributed by atoms with Gasteiger partial charge < -0.3 is 5.32 Å². The van der Waals surface area contributed by atoms with Crippen molar-refractivity contribution in [1.82, 2.24) is 5.32 Å². The molecule has 0 unspecified atom stereocenters. The first-order valence-corrected chi connectivity index (χ1v) is 9.59. The van der Waals surface area contributed by atoms with Crippen molar-refractivity contribution in [3.05, 3.63) is 22.4 Å². The summed E-state index contributed by atoms with van der Waals surface area (Å²) in [6, 6.07) is 5.19. The van der Waals surface area contributed by atoms with E-state index in [-0.39, 0.29) is 0 Å². The summed E-state index contributed by atoms with van der Waals surface area (Å²) in [5.74, 6) is 0. The van der Waals surface area contributed by atoms with E-state index in [1.165, 1.54) is 81.9 Å². The van der Waals surface area contributed by atoms with Gasteiger partial charge in [0.1, 0.15) is 0 Å². The van der Waals surface area contributed by atoms with Crippen LogP contribution in [0, 0.1) is 0 Å². The fourth-order valence-electron chi connectivity index (χ4n) is 3.22. The summed E-state index contributed by atoms with van der Waals surface area (Å²) in [6.07, 6.45) is 17.1. The van der Waals surface area contributed by atoms with Crippen LogP contribution in [0.3, 0.4) is 0 Å². The highest BCUT2D eigenvalue weighted by molar-refractivity contribution is 7.09. The Kier molecular flexibility index (Phi) is 8.34. The van der Waals surface area contributed by atoms with Gasteiger partial charge in [-0.25, -0.2) is 0 Å². The summed E-state index contributed by atoms with van der Waals surface area (Å²) < 4.78 is 0. The molecule has 20 heavy (non-hydrogen) atoms. The molecule has 0 bridgehead atoms. The fraction of sp³-hybridized carbons (Fsp3) is 0.778. The molecule has 1 N–H and O–H groups in total. The van der Waals surface area contributed by atoms with Crippen LogP contribution in [0.4, 0.5) is 0 Å². The van der Waals surface area contributed by atoms with Gasteiger partial charge in [0.05, 0.1) is 0 Å². The van der Waals surface area contributed by atoms with E-state index in [1.807, 2.05) is 11.3 Å². The number of hydrogen-bond donors (Lipinski definition) is 1. The van der Waals surface area contributed by atoms with Gasteiger partial charge in [0, 0.05) is 17.5 Å². The Morgan fingerprint density at radius 3 is 2.05 bits per heavy atom. The zero-order valence-corrected chi connectivity index (χ0v) is 13.7. The minimum absolute atomic E-state index is 0.773. The van der Waals surface area contributed by atoms with Crippen LogP contribution < -0.4 is 5.32 Å². The van der Waals surface area contributed by atoms with Gasteiger partial charge in [-0.15, -0.1) is 11.3 Å². The summed E-state index contributed by atoms with van der Waals surface area (Å²) in [5.41, 5.74) is 0. The van der Waals surface area contributed by atoms with Crippen LogP contribution in [-0.4, -0.2) is 12.6 Å². The molecule has 0 radical (unpaired) electrons. The largest absolute Gasteiger partial charge is 0.314 e. The Morgan fingerprint density at radius 2 is 1.50 bits per heavy atom. The summed E-state index contributed by atoms with van der Waals surface area (Å²) in [7, 11) is 0. The molecule has 1 aromatic heterocycles. The van der Waals surface area contributed by atoms with E-state index in [9.17, 15) is 0 Å². The molecule has 0 aromatic carbocycles. The lowest BCUT2D eigenvalue weighted by Crippen LogP contribution is -2.30. The van der Waals surface area contributed by atoms with Gasteiger partial charge in [-0.2, -0.15) is 0 Å². The van der Waals surface area contributed by atoms with Crippen molar-refractivity contribution in [2.75, 3.05) is 6.54 Å². The van der Waals surface area contributed by atoms with Gasteiger partial charge in [-0.3, -0.25) is 0 Å². The highest BCUT2D eigenvalue weighted by Crippen LogP contribution is 2.17. The van der Waals surface area contributed by atoms with Crippen LogP contribution in [0.25, 0.3) is 0 Å². The van der Waals surface area contributed by atoms with E-state index in [0.717, 1.165) is 12.6 Å². The second-order valence-electron chi connectivity index (χ2n) is 6.24. The molecule has 1 aromatic rings. The average molecular weight is 294 g/mol. The predicted molar refractivity (Wildman–Crippen MR) is 90.6 cm³/mol. The smallest absolute Gasteiger partial charge is 0.00671 e. The molecular weight excluding hydrogens is 262 g/mol. The number of hydrogen-bond acceptors (Lipinski definition) is 2. The topological polar surface area (TPSA) is 12.0 Å². The second-order valence-corrected chi connectivity index (χ2v) is 7.27. The fourth-order valence-corrected chi connectivity index (χ4v) is 3.93. The molecule has 1 fully saturated rings. The molecule has 1 saturated carbocycles. The molecule has 0 aliphatic heterocycles. The van der Waals surface area contributed by atoms with E-state index >= 15 is 0 Å². The number of rotatable bonds is 4. The van der Waals surface area contributed by atoms with Crippen LogP contribution in [0.2, 0.25) is 0 Å². The predicted octanol–water partition coefficient (Wildman–Crippen LogP) is 5.55. The maximum Gasteiger partial charge on any atom is 0.00671 e. The van der Waals surface area contributed by atoms with E-state index in [2.05, 4.69) is 22.8 Å². The summed E-state index contributed by atoms with van der Waals surface area (Å²) in [5, 5.41) is 6.00. The highest BCUT2D eigenvalue weighted by atomic mass is 32.1. The van der Waals surface area contributed by atoms with Crippen LogP contribution in [0.5, 0.6) is 0 Å². The standard InChI is InChI=1S/C18H31NS/c1-2-4-6-8-11-17(12-9-7-5-3-1)19-15-14-18-13-10-16-20-18/h10,13,16-17,19H,1-9,11-12,14-15H2. The molecule has 1 heterocycles. The molecule has 2 rings (SSSR count).